The molecular weight excluding hydrogens is 210 g/mol. The van der Waals surface area contributed by atoms with E-state index < -0.39 is 17.2 Å². The molecule has 0 spiro atoms. The van der Waals surface area contributed by atoms with Gasteiger partial charge in [-0.15, -0.1) is 6.58 Å². The number of allylic oxidation sites excluding steroid dienone is 1. The van der Waals surface area contributed by atoms with Crippen LogP contribution in [0.25, 0.3) is 0 Å². The lowest BCUT2D eigenvalue weighted by molar-refractivity contribution is 0.0505. The Morgan fingerprint density at radius 1 is 1.38 bits per heavy atom. The molecule has 0 heterocycles. The minimum Gasteiger partial charge on any atom is -0.390 e. The Kier molecular flexibility index (Phi) is 4.19. The lowest BCUT2D eigenvalue weighted by atomic mass is 9.91. The van der Waals surface area contributed by atoms with Gasteiger partial charge in [0.1, 0.15) is 11.6 Å². The van der Waals surface area contributed by atoms with Gasteiger partial charge in [0.05, 0.1) is 5.60 Å². The summed E-state index contributed by atoms with van der Waals surface area (Å²) in [5.41, 5.74) is -1.17. The van der Waals surface area contributed by atoms with E-state index in [9.17, 15) is 13.9 Å². The molecule has 1 atom stereocenters. The standard InChI is InChI=1S/C13H16F2O/c1-3-4-8-13(2,16)9-10-11(14)6-5-7-12(10)15/h3,5-7,16H,1,4,8-9H2,2H3. The van der Waals surface area contributed by atoms with Crippen LogP contribution in [0.15, 0.2) is 30.9 Å². The summed E-state index contributed by atoms with van der Waals surface area (Å²) < 4.78 is 26.7. The summed E-state index contributed by atoms with van der Waals surface area (Å²) in [6.45, 7) is 5.12. The molecule has 1 aromatic carbocycles. The van der Waals surface area contributed by atoms with Gasteiger partial charge in [0.15, 0.2) is 0 Å². The van der Waals surface area contributed by atoms with Gasteiger partial charge in [-0.05, 0) is 31.9 Å². The minimum absolute atomic E-state index is 0.0284. The van der Waals surface area contributed by atoms with Gasteiger partial charge < -0.3 is 5.11 Å². The van der Waals surface area contributed by atoms with Crippen molar-refractivity contribution in [3.8, 4) is 0 Å². The van der Waals surface area contributed by atoms with Crippen LogP contribution in [0.3, 0.4) is 0 Å². The van der Waals surface area contributed by atoms with E-state index in [4.69, 9.17) is 0 Å². The van der Waals surface area contributed by atoms with E-state index in [2.05, 4.69) is 6.58 Å². The van der Waals surface area contributed by atoms with Crippen molar-refractivity contribution < 1.29 is 13.9 Å². The second-order valence-electron chi connectivity index (χ2n) is 4.20. The number of hydrogen-bond donors (Lipinski definition) is 1. The first-order chi connectivity index (χ1) is 7.46. The van der Waals surface area contributed by atoms with Crippen LogP contribution in [0, 0.1) is 11.6 Å². The third-order valence-electron chi connectivity index (χ3n) is 2.51. The predicted octanol–water partition coefficient (Wildman–Crippen LogP) is 3.22. The SMILES string of the molecule is C=CCCC(C)(O)Cc1c(F)cccc1F. The Morgan fingerprint density at radius 2 is 1.94 bits per heavy atom. The molecule has 0 aliphatic carbocycles. The van der Waals surface area contributed by atoms with Gasteiger partial charge in [-0.1, -0.05) is 12.1 Å². The summed E-state index contributed by atoms with van der Waals surface area (Å²) in [6.07, 6.45) is 2.69. The lowest BCUT2D eigenvalue weighted by Gasteiger charge is -2.23. The smallest absolute Gasteiger partial charge is 0.129 e. The highest BCUT2D eigenvalue weighted by molar-refractivity contribution is 5.21. The Hall–Kier alpha value is -1.22. The minimum atomic E-state index is -1.11. The van der Waals surface area contributed by atoms with Gasteiger partial charge in [0.25, 0.3) is 0 Å². The van der Waals surface area contributed by atoms with Crippen molar-refractivity contribution in [2.75, 3.05) is 0 Å². The fraction of sp³-hybridized carbons (Fsp3) is 0.385. The molecule has 1 aromatic rings. The molecule has 0 fully saturated rings. The molecule has 1 unspecified atom stereocenters. The van der Waals surface area contributed by atoms with Crippen LogP contribution in [0.5, 0.6) is 0 Å². The number of aliphatic hydroxyl groups is 1. The zero-order valence-electron chi connectivity index (χ0n) is 9.34. The maximum atomic E-state index is 13.3. The van der Waals surface area contributed by atoms with Crippen molar-refractivity contribution >= 4 is 0 Å². The van der Waals surface area contributed by atoms with E-state index >= 15 is 0 Å². The topological polar surface area (TPSA) is 20.2 Å². The molecule has 0 saturated heterocycles. The lowest BCUT2D eigenvalue weighted by Crippen LogP contribution is -2.28. The first-order valence-corrected chi connectivity index (χ1v) is 5.22. The summed E-state index contributed by atoms with van der Waals surface area (Å²) >= 11 is 0. The van der Waals surface area contributed by atoms with Crippen LogP contribution < -0.4 is 0 Å². The van der Waals surface area contributed by atoms with Gasteiger partial charge in [-0.2, -0.15) is 0 Å². The van der Waals surface area contributed by atoms with Crippen molar-refractivity contribution in [3.05, 3.63) is 48.1 Å². The van der Waals surface area contributed by atoms with Crippen molar-refractivity contribution in [1.29, 1.82) is 0 Å². The van der Waals surface area contributed by atoms with Crippen molar-refractivity contribution in [1.82, 2.24) is 0 Å². The summed E-state index contributed by atoms with van der Waals surface area (Å²) in [5.74, 6) is -1.22. The van der Waals surface area contributed by atoms with E-state index in [1.807, 2.05) is 0 Å². The molecule has 88 valence electrons. The van der Waals surface area contributed by atoms with Crippen molar-refractivity contribution in [2.45, 2.75) is 31.8 Å². The maximum absolute atomic E-state index is 13.3. The van der Waals surface area contributed by atoms with E-state index in [-0.39, 0.29) is 12.0 Å². The molecule has 0 aliphatic rings. The second kappa shape index (κ2) is 5.21. The zero-order chi connectivity index (χ0) is 12.2. The Morgan fingerprint density at radius 3 is 2.44 bits per heavy atom. The van der Waals surface area contributed by atoms with Crippen molar-refractivity contribution in [3.63, 3.8) is 0 Å². The van der Waals surface area contributed by atoms with Crippen LogP contribution in [-0.4, -0.2) is 10.7 Å². The summed E-state index contributed by atoms with van der Waals surface area (Å²) in [4.78, 5) is 0. The van der Waals surface area contributed by atoms with Gasteiger partial charge in [-0.3, -0.25) is 0 Å². The Balaban J connectivity index is 2.82. The molecule has 0 radical (unpaired) electrons. The van der Waals surface area contributed by atoms with Crippen molar-refractivity contribution in [2.24, 2.45) is 0 Å². The molecule has 0 saturated carbocycles. The van der Waals surface area contributed by atoms with Gasteiger partial charge >= 0.3 is 0 Å². The highest BCUT2D eigenvalue weighted by Crippen LogP contribution is 2.22. The first-order valence-electron chi connectivity index (χ1n) is 5.22. The van der Waals surface area contributed by atoms with E-state index in [0.717, 1.165) is 0 Å². The Labute approximate surface area is 94.4 Å². The highest BCUT2D eigenvalue weighted by Gasteiger charge is 2.23. The molecule has 0 aromatic heterocycles. The van der Waals surface area contributed by atoms with Gasteiger partial charge in [0, 0.05) is 12.0 Å². The summed E-state index contributed by atoms with van der Waals surface area (Å²) in [6, 6.07) is 3.70. The normalized spacial score (nSPS) is 14.5. The van der Waals surface area contributed by atoms with E-state index in [1.54, 1.807) is 13.0 Å². The Bertz CT molecular complexity index is 352. The second-order valence-corrected chi connectivity index (χ2v) is 4.20. The largest absolute Gasteiger partial charge is 0.390 e. The fourth-order valence-corrected chi connectivity index (χ4v) is 1.58. The average Bonchev–Trinajstić information content (AvgIpc) is 2.21. The maximum Gasteiger partial charge on any atom is 0.129 e. The zero-order valence-corrected chi connectivity index (χ0v) is 9.34. The molecule has 16 heavy (non-hydrogen) atoms. The first kappa shape index (κ1) is 12.8. The number of rotatable bonds is 5. The molecule has 0 amide bonds. The van der Waals surface area contributed by atoms with Crippen LogP contribution in [0.2, 0.25) is 0 Å². The summed E-state index contributed by atoms with van der Waals surface area (Å²) in [5, 5.41) is 9.97. The third kappa shape index (κ3) is 3.42. The van der Waals surface area contributed by atoms with E-state index in [1.165, 1.54) is 18.2 Å². The predicted molar refractivity (Wildman–Crippen MR) is 60.1 cm³/mol. The summed E-state index contributed by atoms with van der Waals surface area (Å²) in [7, 11) is 0. The van der Waals surface area contributed by atoms with Gasteiger partial charge in [0.2, 0.25) is 0 Å². The monoisotopic (exact) mass is 226 g/mol. The van der Waals surface area contributed by atoms with Crippen LogP contribution in [0.1, 0.15) is 25.3 Å². The quantitative estimate of drug-likeness (QED) is 0.764. The fourth-order valence-electron chi connectivity index (χ4n) is 1.58. The highest BCUT2D eigenvalue weighted by atomic mass is 19.1. The van der Waals surface area contributed by atoms with E-state index in [0.29, 0.717) is 12.8 Å². The van der Waals surface area contributed by atoms with Crippen LogP contribution in [0.4, 0.5) is 8.78 Å². The third-order valence-corrected chi connectivity index (χ3v) is 2.51. The molecule has 0 aliphatic heterocycles. The van der Waals surface area contributed by atoms with Gasteiger partial charge in [-0.25, -0.2) is 8.78 Å². The molecule has 3 heteroatoms. The number of hydrogen-bond acceptors (Lipinski definition) is 1. The van der Waals surface area contributed by atoms with Crippen LogP contribution >= 0.6 is 0 Å². The number of halogens is 2. The molecule has 1 N–H and O–H groups in total. The molecule has 1 rings (SSSR count). The average molecular weight is 226 g/mol. The number of benzene rings is 1. The van der Waals surface area contributed by atoms with Crippen LogP contribution in [-0.2, 0) is 6.42 Å². The molecule has 1 nitrogen and oxygen atoms in total. The molecular formula is C13H16F2O. The molecule has 0 bridgehead atoms.